The number of phenols is 2. The highest BCUT2D eigenvalue weighted by Crippen LogP contribution is 2.14. The first-order valence-electron chi connectivity index (χ1n) is 13.2. The molecule has 2 aromatic rings. The van der Waals surface area contributed by atoms with Gasteiger partial charge in [0.25, 0.3) is 0 Å². The fraction of sp³-hybridized carbons (Fsp3) is 0.448. The summed E-state index contributed by atoms with van der Waals surface area (Å²) in [6.45, 7) is 7.10. The zero-order valence-electron chi connectivity index (χ0n) is 23.3. The van der Waals surface area contributed by atoms with E-state index in [4.69, 9.17) is 5.73 Å². The molecule has 8 N–H and O–H groups in total. The maximum atomic E-state index is 13.4. The van der Waals surface area contributed by atoms with E-state index in [0.29, 0.717) is 11.1 Å². The van der Waals surface area contributed by atoms with E-state index in [1.165, 1.54) is 24.3 Å². The van der Waals surface area contributed by atoms with Crippen LogP contribution in [-0.4, -0.2) is 63.2 Å². The average molecular weight is 557 g/mol. The number of hydrogen-bond donors (Lipinski definition) is 7. The number of carboxylic acid groups (broad SMARTS) is 1. The summed E-state index contributed by atoms with van der Waals surface area (Å²) >= 11 is 0. The third-order valence-corrected chi connectivity index (χ3v) is 6.31. The molecule has 0 saturated carbocycles. The van der Waals surface area contributed by atoms with Gasteiger partial charge in [-0.15, -0.1) is 0 Å². The van der Waals surface area contributed by atoms with Crippen LogP contribution in [0.3, 0.4) is 0 Å². The first-order chi connectivity index (χ1) is 18.8. The van der Waals surface area contributed by atoms with Gasteiger partial charge in [0, 0.05) is 6.42 Å². The Bertz CT molecular complexity index is 1150. The second-order valence-electron chi connectivity index (χ2n) is 10.7. The molecule has 0 spiro atoms. The highest BCUT2D eigenvalue weighted by molar-refractivity contribution is 5.94. The van der Waals surface area contributed by atoms with Crippen molar-refractivity contribution in [3.05, 3.63) is 59.7 Å². The monoisotopic (exact) mass is 556 g/mol. The molecule has 2 rings (SSSR count). The number of hydrogen-bond acceptors (Lipinski definition) is 7. The lowest BCUT2D eigenvalue weighted by molar-refractivity contribution is -0.143. The maximum absolute atomic E-state index is 13.4. The summed E-state index contributed by atoms with van der Waals surface area (Å²) in [4.78, 5) is 51.2. The third-order valence-electron chi connectivity index (χ3n) is 6.31. The van der Waals surface area contributed by atoms with Crippen molar-refractivity contribution < 1.29 is 34.5 Å². The van der Waals surface area contributed by atoms with E-state index in [1.807, 2.05) is 13.8 Å². The Morgan fingerprint density at radius 2 is 1.18 bits per heavy atom. The van der Waals surface area contributed by atoms with Gasteiger partial charge < -0.3 is 37.0 Å². The number of rotatable bonds is 14. The van der Waals surface area contributed by atoms with Crippen molar-refractivity contribution >= 4 is 23.7 Å². The van der Waals surface area contributed by atoms with Crippen LogP contribution < -0.4 is 21.7 Å². The smallest absolute Gasteiger partial charge is 0.326 e. The first kappa shape index (κ1) is 32.1. The molecule has 218 valence electrons. The molecule has 0 aliphatic heterocycles. The predicted molar refractivity (Wildman–Crippen MR) is 149 cm³/mol. The van der Waals surface area contributed by atoms with E-state index in [2.05, 4.69) is 16.0 Å². The molecule has 3 amide bonds. The molecule has 2 aromatic carbocycles. The highest BCUT2D eigenvalue weighted by atomic mass is 16.4. The molecule has 0 aliphatic rings. The molecule has 0 radical (unpaired) electrons. The molecule has 0 aliphatic carbocycles. The molecule has 4 atom stereocenters. The van der Waals surface area contributed by atoms with Crippen LogP contribution in [0.1, 0.15) is 45.2 Å². The lowest BCUT2D eigenvalue weighted by Gasteiger charge is -2.27. The van der Waals surface area contributed by atoms with Crippen LogP contribution in [0.2, 0.25) is 0 Å². The molecule has 0 aromatic heterocycles. The number of nitrogens with two attached hydrogens (primary N) is 1. The van der Waals surface area contributed by atoms with Crippen LogP contribution in [0.5, 0.6) is 11.5 Å². The van der Waals surface area contributed by atoms with Gasteiger partial charge in [-0.1, -0.05) is 52.0 Å². The Kier molecular flexibility index (Phi) is 11.9. The Labute approximate surface area is 234 Å². The van der Waals surface area contributed by atoms with Crippen molar-refractivity contribution in [3.8, 4) is 11.5 Å². The lowest BCUT2D eigenvalue weighted by Crippen LogP contribution is -2.59. The fourth-order valence-corrected chi connectivity index (χ4v) is 4.08. The van der Waals surface area contributed by atoms with Gasteiger partial charge >= 0.3 is 5.97 Å². The number of carboxylic acids is 1. The molecular formula is C29H40N4O7. The number of amides is 3. The molecule has 0 bridgehead atoms. The molecule has 0 saturated heterocycles. The van der Waals surface area contributed by atoms with Gasteiger partial charge in [-0.3, -0.25) is 14.4 Å². The Morgan fingerprint density at radius 3 is 1.62 bits per heavy atom. The molecule has 11 heteroatoms. The van der Waals surface area contributed by atoms with Crippen LogP contribution in [-0.2, 0) is 32.0 Å². The molecule has 0 heterocycles. The summed E-state index contributed by atoms with van der Waals surface area (Å²) in [6, 6.07) is 8.05. The maximum Gasteiger partial charge on any atom is 0.326 e. The summed E-state index contributed by atoms with van der Waals surface area (Å²) < 4.78 is 0. The van der Waals surface area contributed by atoms with Crippen LogP contribution in [0.4, 0.5) is 0 Å². The van der Waals surface area contributed by atoms with Crippen molar-refractivity contribution in [1.29, 1.82) is 0 Å². The van der Waals surface area contributed by atoms with E-state index in [1.54, 1.807) is 38.1 Å². The number of phenolic OH excluding ortho intramolecular Hbond substituents is 2. The lowest BCUT2D eigenvalue weighted by atomic mass is 9.99. The molecule has 40 heavy (non-hydrogen) atoms. The number of carbonyl (C=O) groups excluding carboxylic acids is 3. The Balaban J connectivity index is 2.21. The van der Waals surface area contributed by atoms with Crippen LogP contribution in [0, 0.1) is 11.8 Å². The number of aliphatic carboxylic acids is 1. The van der Waals surface area contributed by atoms with E-state index in [0.717, 1.165) is 0 Å². The first-order valence-corrected chi connectivity index (χ1v) is 13.2. The van der Waals surface area contributed by atoms with E-state index in [-0.39, 0.29) is 42.6 Å². The van der Waals surface area contributed by atoms with Gasteiger partial charge in [-0.2, -0.15) is 0 Å². The summed E-state index contributed by atoms with van der Waals surface area (Å²) in [5.74, 6) is -3.32. The van der Waals surface area contributed by atoms with E-state index >= 15 is 0 Å². The molecule has 0 fully saturated rings. The van der Waals surface area contributed by atoms with Crippen molar-refractivity contribution in [2.45, 2.75) is 71.1 Å². The average Bonchev–Trinajstić information content (AvgIpc) is 2.88. The van der Waals surface area contributed by atoms with E-state index < -0.39 is 47.9 Å². The highest BCUT2D eigenvalue weighted by Gasteiger charge is 2.32. The fourth-order valence-electron chi connectivity index (χ4n) is 4.08. The Morgan fingerprint density at radius 1 is 0.700 bits per heavy atom. The minimum absolute atomic E-state index is 0.0178. The van der Waals surface area contributed by atoms with Crippen LogP contribution in [0.25, 0.3) is 0 Å². The van der Waals surface area contributed by atoms with Crippen molar-refractivity contribution in [2.24, 2.45) is 17.6 Å². The van der Waals surface area contributed by atoms with Gasteiger partial charge in [0.05, 0.1) is 6.04 Å². The van der Waals surface area contributed by atoms with Gasteiger partial charge in [0.15, 0.2) is 0 Å². The molecular weight excluding hydrogens is 516 g/mol. The number of carbonyl (C=O) groups is 4. The van der Waals surface area contributed by atoms with Gasteiger partial charge in [-0.25, -0.2) is 4.79 Å². The normalized spacial score (nSPS) is 14.2. The summed E-state index contributed by atoms with van der Waals surface area (Å²) in [5.41, 5.74) is 7.46. The predicted octanol–water partition coefficient (Wildman–Crippen LogP) is 1.45. The second-order valence-corrected chi connectivity index (χ2v) is 10.7. The van der Waals surface area contributed by atoms with Crippen LogP contribution >= 0.6 is 0 Å². The summed E-state index contributed by atoms with van der Waals surface area (Å²) in [6.07, 6.45) is 0.419. The zero-order chi connectivity index (χ0) is 30.0. The Hall–Kier alpha value is -4.12. The van der Waals surface area contributed by atoms with Gasteiger partial charge in [0.1, 0.15) is 29.6 Å². The van der Waals surface area contributed by atoms with Crippen molar-refractivity contribution in [1.82, 2.24) is 16.0 Å². The minimum Gasteiger partial charge on any atom is -0.508 e. The number of aromatic hydroxyl groups is 2. The molecule has 11 nitrogen and oxygen atoms in total. The second kappa shape index (κ2) is 14.9. The molecule has 4 unspecified atom stereocenters. The summed E-state index contributed by atoms with van der Waals surface area (Å²) in [7, 11) is 0. The minimum atomic E-state index is -1.17. The van der Waals surface area contributed by atoms with Gasteiger partial charge in [0.2, 0.25) is 17.7 Å². The topological polar surface area (TPSA) is 191 Å². The van der Waals surface area contributed by atoms with E-state index in [9.17, 15) is 34.5 Å². The zero-order valence-corrected chi connectivity index (χ0v) is 23.3. The number of nitrogens with one attached hydrogen (secondary N) is 3. The van der Waals surface area contributed by atoms with Crippen LogP contribution in [0.15, 0.2) is 48.5 Å². The summed E-state index contributed by atoms with van der Waals surface area (Å²) in [5, 5.41) is 36.5. The standard InChI is InChI=1S/C29H40N4O7/c1-16(2)13-24(29(39)40)32-28(38)25(17(3)4)33-27(37)23(15-19-7-11-21(35)12-8-19)31-26(36)22(30)14-18-5-9-20(34)10-6-18/h5-12,16-17,22-25,34-35H,13-15,30H2,1-4H3,(H,31,36)(H,32,38)(H,33,37)(H,39,40). The van der Waals surface area contributed by atoms with Gasteiger partial charge in [-0.05, 0) is 60.1 Å². The number of benzene rings is 2. The van der Waals surface area contributed by atoms with Crippen molar-refractivity contribution in [3.63, 3.8) is 0 Å². The largest absolute Gasteiger partial charge is 0.508 e. The SMILES string of the molecule is CC(C)CC(NC(=O)C(NC(=O)C(Cc1ccc(O)cc1)NC(=O)C(N)Cc1ccc(O)cc1)C(C)C)C(=O)O. The quantitative estimate of drug-likeness (QED) is 0.182. The third kappa shape index (κ3) is 10.2. The van der Waals surface area contributed by atoms with Crippen molar-refractivity contribution in [2.75, 3.05) is 0 Å².